The van der Waals surface area contributed by atoms with Crippen LogP contribution in [-0.2, 0) is 40.3 Å². The predicted octanol–water partition coefficient (Wildman–Crippen LogP) is 3.34. The molecule has 0 bridgehead atoms. The van der Waals surface area contributed by atoms with Gasteiger partial charge in [0.15, 0.2) is 0 Å². The normalized spacial score (nSPS) is 12.9. The lowest BCUT2D eigenvalue weighted by molar-refractivity contribution is -0.139. The van der Waals surface area contributed by atoms with Crippen molar-refractivity contribution in [3.05, 3.63) is 25.3 Å². The molecule has 0 aliphatic heterocycles. The van der Waals surface area contributed by atoms with Crippen LogP contribution in [0.5, 0.6) is 0 Å². The van der Waals surface area contributed by atoms with Gasteiger partial charge in [-0.15, -0.1) is 0 Å². The summed E-state index contributed by atoms with van der Waals surface area (Å²) in [4.78, 5) is 22.2. The van der Waals surface area contributed by atoms with Gasteiger partial charge in [-0.05, 0) is 52.4 Å². The molecular formula is C18H38O9Si4. The molecule has 0 aliphatic rings. The molecule has 0 fully saturated rings. The minimum absolute atomic E-state index is 0.135. The summed E-state index contributed by atoms with van der Waals surface area (Å²) in [5.74, 6) is -0.973. The summed E-state index contributed by atoms with van der Waals surface area (Å²) >= 11 is 0. The lowest BCUT2D eigenvalue weighted by Gasteiger charge is -2.40. The Morgan fingerprint density at radius 1 is 0.581 bits per heavy atom. The minimum atomic E-state index is -2.59. The highest BCUT2D eigenvalue weighted by atomic mass is 28.5. The van der Waals surface area contributed by atoms with Crippen LogP contribution in [0.3, 0.4) is 0 Å². The van der Waals surface area contributed by atoms with E-state index < -0.39 is 46.2 Å². The molecule has 0 aromatic rings. The summed E-state index contributed by atoms with van der Waals surface area (Å²) < 4.78 is 40.5. The zero-order valence-corrected chi connectivity index (χ0v) is 24.1. The zero-order chi connectivity index (χ0) is 24.3. The van der Waals surface area contributed by atoms with Gasteiger partial charge < -0.3 is 30.7 Å². The standard InChI is InChI=1S/C18H38O9Si4/c1-11-17(19)21-13-15-23-28(3,4)25-30(7,8)27-31(9,10)26-29(5,6)24-16-14-22-18(20)12-2/h11-12H,1-2,13-16H2,3-10H3. The molecule has 0 heterocycles. The van der Waals surface area contributed by atoms with E-state index in [-0.39, 0.29) is 26.4 Å². The average molecular weight is 511 g/mol. The molecule has 0 saturated heterocycles. The Morgan fingerprint density at radius 2 is 0.871 bits per heavy atom. The average Bonchev–Trinajstić information content (AvgIpc) is 2.58. The first-order valence-electron chi connectivity index (χ1n) is 10.00. The highest BCUT2D eigenvalue weighted by molar-refractivity contribution is 6.87. The Morgan fingerprint density at radius 3 is 1.16 bits per heavy atom. The van der Waals surface area contributed by atoms with Crippen molar-refractivity contribution >= 4 is 46.2 Å². The molecule has 0 unspecified atom stereocenters. The largest absolute Gasteiger partial charge is 0.460 e. The van der Waals surface area contributed by atoms with Gasteiger partial charge in [0.2, 0.25) is 0 Å². The van der Waals surface area contributed by atoms with Gasteiger partial charge in [-0.2, -0.15) is 0 Å². The van der Waals surface area contributed by atoms with Gasteiger partial charge in [0.05, 0.1) is 13.2 Å². The number of carbonyl (C=O) groups is 2. The zero-order valence-electron chi connectivity index (χ0n) is 20.1. The van der Waals surface area contributed by atoms with Crippen molar-refractivity contribution in [2.45, 2.75) is 52.4 Å². The molecule has 0 aliphatic carbocycles. The molecule has 13 heteroatoms. The molecule has 9 nitrogen and oxygen atoms in total. The fraction of sp³-hybridized carbons (Fsp3) is 0.667. The van der Waals surface area contributed by atoms with Crippen molar-refractivity contribution < 1.29 is 40.3 Å². The maximum Gasteiger partial charge on any atom is 0.330 e. The SMILES string of the molecule is C=CC(=O)OCCO[Si](C)(C)O[Si](C)(C)O[Si](C)(C)O[Si](C)(C)OCCOC(=O)C=C. The van der Waals surface area contributed by atoms with Crippen LogP contribution in [0.15, 0.2) is 25.3 Å². The predicted molar refractivity (Wildman–Crippen MR) is 127 cm³/mol. The lowest BCUT2D eigenvalue weighted by Crippen LogP contribution is -2.57. The molecule has 0 aromatic heterocycles. The second-order valence-corrected chi connectivity index (χ2v) is 22.6. The van der Waals surface area contributed by atoms with E-state index in [2.05, 4.69) is 13.2 Å². The van der Waals surface area contributed by atoms with Gasteiger partial charge in [-0.25, -0.2) is 9.59 Å². The Kier molecular flexibility index (Phi) is 12.6. The molecule has 0 N–H and O–H groups in total. The number of carbonyl (C=O) groups excluding carboxylic acids is 2. The van der Waals surface area contributed by atoms with Crippen LogP contribution in [0.4, 0.5) is 0 Å². The van der Waals surface area contributed by atoms with E-state index in [1.54, 1.807) is 0 Å². The summed E-state index contributed by atoms with van der Waals surface area (Å²) in [6.07, 6.45) is 2.22. The molecule has 31 heavy (non-hydrogen) atoms. The van der Waals surface area contributed by atoms with Crippen LogP contribution >= 0.6 is 0 Å². The quantitative estimate of drug-likeness (QED) is 0.134. The van der Waals surface area contributed by atoms with E-state index >= 15 is 0 Å². The van der Waals surface area contributed by atoms with Crippen LogP contribution in [0.25, 0.3) is 0 Å². The van der Waals surface area contributed by atoms with E-state index in [9.17, 15) is 9.59 Å². The topological polar surface area (TPSA) is 98.8 Å². The number of hydrogen-bond acceptors (Lipinski definition) is 9. The number of ether oxygens (including phenoxy) is 2. The molecular weight excluding hydrogens is 473 g/mol. The van der Waals surface area contributed by atoms with E-state index in [4.69, 9.17) is 30.7 Å². The summed E-state index contributed by atoms with van der Waals surface area (Å²) in [5, 5.41) is 0. The highest BCUT2D eigenvalue weighted by Gasteiger charge is 2.44. The number of rotatable bonds is 16. The smallest absolute Gasteiger partial charge is 0.330 e. The van der Waals surface area contributed by atoms with E-state index in [0.717, 1.165) is 12.2 Å². The second kappa shape index (κ2) is 13.0. The van der Waals surface area contributed by atoms with Gasteiger partial charge in [-0.1, -0.05) is 13.2 Å². The maximum atomic E-state index is 11.1. The molecule has 0 aromatic carbocycles. The first kappa shape index (κ1) is 30.1. The summed E-state index contributed by atoms with van der Waals surface area (Å²) in [5.41, 5.74) is 0. The van der Waals surface area contributed by atoms with Crippen molar-refractivity contribution in [1.82, 2.24) is 0 Å². The van der Waals surface area contributed by atoms with Gasteiger partial charge in [-0.3, -0.25) is 0 Å². The van der Waals surface area contributed by atoms with Crippen LogP contribution in [-0.4, -0.2) is 72.6 Å². The van der Waals surface area contributed by atoms with Gasteiger partial charge >= 0.3 is 46.2 Å². The fourth-order valence-electron chi connectivity index (χ4n) is 2.85. The van der Waals surface area contributed by atoms with Crippen LogP contribution < -0.4 is 0 Å². The Hall–Kier alpha value is -0.912. The molecule has 0 atom stereocenters. The fourth-order valence-corrected chi connectivity index (χ4v) is 19.8. The van der Waals surface area contributed by atoms with Crippen LogP contribution in [0.2, 0.25) is 52.4 Å². The third-order valence-electron chi connectivity index (χ3n) is 3.36. The molecule has 0 radical (unpaired) electrons. The minimum Gasteiger partial charge on any atom is -0.460 e. The highest BCUT2D eigenvalue weighted by Crippen LogP contribution is 2.24. The van der Waals surface area contributed by atoms with Crippen LogP contribution in [0, 0.1) is 0 Å². The van der Waals surface area contributed by atoms with Gasteiger partial charge in [0.1, 0.15) is 13.2 Å². The van der Waals surface area contributed by atoms with Crippen molar-refractivity contribution in [1.29, 1.82) is 0 Å². The maximum absolute atomic E-state index is 11.1. The van der Waals surface area contributed by atoms with E-state index in [1.807, 2.05) is 52.4 Å². The Labute approximate surface area is 190 Å². The molecule has 180 valence electrons. The van der Waals surface area contributed by atoms with Gasteiger partial charge in [0, 0.05) is 12.2 Å². The molecule has 0 spiro atoms. The van der Waals surface area contributed by atoms with E-state index in [1.165, 1.54) is 0 Å². The summed E-state index contributed by atoms with van der Waals surface area (Å²) in [7, 11) is -10.2. The van der Waals surface area contributed by atoms with Crippen molar-refractivity contribution in [2.24, 2.45) is 0 Å². The lowest BCUT2D eigenvalue weighted by atomic mass is 10.6. The number of esters is 2. The molecule has 0 saturated carbocycles. The van der Waals surface area contributed by atoms with Crippen molar-refractivity contribution in [3.8, 4) is 0 Å². The van der Waals surface area contributed by atoms with Gasteiger partial charge in [0.25, 0.3) is 0 Å². The van der Waals surface area contributed by atoms with Crippen molar-refractivity contribution in [2.75, 3.05) is 26.4 Å². The summed E-state index contributed by atoms with van der Waals surface area (Å²) in [6.45, 7) is 22.9. The Bertz CT molecular complexity index is 569. The third kappa shape index (κ3) is 15.5. The molecule has 0 rings (SSSR count). The molecule has 0 amide bonds. The monoisotopic (exact) mass is 510 g/mol. The van der Waals surface area contributed by atoms with E-state index in [0.29, 0.717) is 0 Å². The second-order valence-electron chi connectivity index (χ2n) is 8.35. The number of hydrogen-bond donors (Lipinski definition) is 0. The van der Waals surface area contributed by atoms with Crippen molar-refractivity contribution in [3.63, 3.8) is 0 Å². The summed E-state index contributed by atoms with van der Waals surface area (Å²) in [6, 6.07) is 0. The third-order valence-corrected chi connectivity index (χ3v) is 17.0. The van der Waals surface area contributed by atoms with Crippen LogP contribution in [0.1, 0.15) is 0 Å². The first-order valence-corrected chi connectivity index (χ1v) is 21.3. The Balaban J connectivity index is 4.64. The first-order chi connectivity index (χ1) is 14.0.